The molecule has 0 bridgehead atoms. The van der Waals surface area contributed by atoms with Gasteiger partial charge in [0.2, 0.25) is 11.8 Å². The van der Waals surface area contributed by atoms with Crippen LogP contribution in [0.25, 0.3) is 0 Å². The lowest BCUT2D eigenvalue weighted by molar-refractivity contribution is -0.161. The summed E-state index contributed by atoms with van der Waals surface area (Å²) in [5.74, 6) is -0.156. The molecule has 1 N–H and O–H groups in total. The average Bonchev–Trinajstić information content (AvgIpc) is 2.71. The van der Waals surface area contributed by atoms with Gasteiger partial charge in [-0.25, -0.2) is 4.98 Å². The molecule has 1 aromatic heterocycles. The smallest absolute Gasteiger partial charge is 0.249 e. The van der Waals surface area contributed by atoms with Crippen LogP contribution in [0.3, 0.4) is 0 Å². The number of aryl methyl sites for hydroxylation is 2. The van der Waals surface area contributed by atoms with Gasteiger partial charge in [0.05, 0.1) is 12.2 Å². The number of hydrogen-bond donors (Lipinski definition) is 1. The number of piperazine rings is 1. The van der Waals surface area contributed by atoms with Crippen LogP contribution in [0.5, 0.6) is 0 Å². The molecule has 1 aromatic rings. The lowest BCUT2D eigenvalue weighted by Gasteiger charge is -2.48. The summed E-state index contributed by atoms with van der Waals surface area (Å²) in [7, 11) is 0. The summed E-state index contributed by atoms with van der Waals surface area (Å²) in [6.45, 7) is 11.6. The van der Waals surface area contributed by atoms with Crippen LogP contribution in [0.1, 0.15) is 49.7 Å². The fourth-order valence-corrected chi connectivity index (χ4v) is 3.42. The van der Waals surface area contributed by atoms with E-state index in [9.17, 15) is 9.59 Å². The molecule has 2 amide bonds. The second-order valence-electron chi connectivity index (χ2n) is 6.35. The predicted molar refractivity (Wildman–Crippen MR) is 83.1 cm³/mol. The van der Waals surface area contributed by atoms with E-state index in [4.69, 9.17) is 0 Å². The van der Waals surface area contributed by atoms with Crippen LogP contribution in [0, 0.1) is 13.8 Å². The summed E-state index contributed by atoms with van der Waals surface area (Å²) in [5.41, 5.74) is -0.700. The zero-order chi connectivity index (χ0) is 16.0. The summed E-state index contributed by atoms with van der Waals surface area (Å²) < 4.78 is 0. The Balaban J connectivity index is 2.39. The molecule has 1 fully saturated rings. The van der Waals surface area contributed by atoms with Gasteiger partial charge in [-0.2, -0.15) is 0 Å². The third-order valence-corrected chi connectivity index (χ3v) is 5.40. The molecular formula is C15H23N3O2S. The van der Waals surface area contributed by atoms with Gasteiger partial charge in [0.1, 0.15) is 16.1 Å². The monoisotopic (exact) mass is 309 g/mol. The van der Waals surface area contributed by atoms with Gasteiger partial charge in [0.15, 0.2) is 0 Å². The summed E-state index contributed by atoms with van der Waals surface area (Å²) in [6, 6.07) is 0. The van der Waals surface area contributed by atoms with Crippen molar-refractivity contribution in [3.05, 3.63) is 15.6 Å². The van der Waals surface area contributed by atoms with E-state index in [-0.39, 0.29) is 11.8 Å². The minimum atomic E-state index is -0.868. The first-order chi connectivity index (χ1) is 9.61. The molecule has 1 aliphatic heterocycles. The van der Waals surface area contributed by atoms with Crippen molar-refractivity contribution in [2.24, 2.45) is 0 Å². The Bertz CT molecular complexity index is 574. The highest BCUT2D eigenvalue weighted by atomic mass is 32.1. The zero-order valence-electron chi connectivity index (χ0n) is 13.5. The highest BCUT2D eigenvalue weighted by Gasteiger charge is 2.51. The number of aromatic nitrogens is 1. The first-order valence-electron chi connectivity index (χ1n) is 7.19. The molecule has 0 aromatic carbocycles. The number of carbonyl (C=O) groups excluding carboxylic acids is 2. The van der Waals surface area contributed by atoms with Gasteiger partial charge >= 0.3 is 0 Å². The highest BCUT2D eigenvalue weighted by Crippen LogP contribution is 2.31. The molecule has 6 heteroatoms. The van der Waals surface area contributed by atoms with Gasteiger partial charge in [-0.1, -0.05) is 6.92 Å². The number of hydrogen-bond acceptors (Lipinski definition) is 4. The third kappa shape index (κ3) is 2.57. The van der Waals surface area contributed by atoms with Crippen LogP contribution in [-0.2, 0) is 16.1 Å². The minimum absolute atomic E-state index is 0.0584. The number of nitrogens with one attached hydrogen (secondary N) is 1. The Kier molecular flexibility index (Phi) is 3.86. The molecule has 1 aliphatic rings. The van der Waals surface area contributed by atoms with Crippen molar-refractivity contribution >= 4 is 23.2 Å². The molecule has 116 valence electrons. The van der Waals surface area contributed by atoms with Crippen LogP contribution in [0.2, 0.25) is 0 Å². The number of rotatable bonds is 3. The Morgan fingerprint density at radius 3 is 2.33 bits per heavy atom. The fraction of sp³-hybridized carbons (Fsp3) is 0.667. The molecule has 2 heterocycles. The highest BCUT2D eigenvalue weighted by molar-refractivity contribution is 7.11. The lowest BCUT2D eigenvalue weighted by Crippen LogP contribution is -2.72. The van der Waals surface area contributed by atoms with Crippen molar-refractivity contribution in [3.8, 4) is 0 Å². The maximum absolute atomic E-state index is 12.8. The first kappa shape index (κ1) is 15.9. The van der Waals surface area contributed by atoms with Crippen molar-refractivity contribution in [3.63, 3.8) is 0 Å². The molecule has 5 nitrogen and oxygen atoms in total. The van der Waals surface area contributed by atoms with E-state index in [1.54, 1.807) is 30.1 Å². The molecule has 0 aliphatic carbocycles. The van der Waals surface area contributed by atoms with Gasteiger partial charge in [-0.15, -0.1) is 11.3 Å². The quantitative estimate of drug-likeness (QED) is 0.931. The fourth-order valence-electron chi connectivity index (χ4n) is 2.50. The lowest BCUT2D eigenvalue weighted by atomic mass is 9.86. The number of thiazole rings is 1. The molecule has 2 rings (SSSR count). The van der Waals surface area contributed by atoms with Gasteiger partial charge < -0.3 is 10.2 Å². The maximum Gasteiger partial charge on any atom is 0.249 e. The van der Waals surface area contributed by atoms with Crippen molar-refractivity contribution < 1.29 is 9.59 Å². The summed E-state index contributed by atoms with van der Waals surface area (Å²) in [5, 5.41) is 3.71. The van der Waals surface area contributed by atoms with Crippen LogP contribution >= 0.6 is 11.3 Å². The second-order valence-corrected chi connectivity index (χ2v) is 7.63. The van der Waals surface area contributed by atoms with Crippen molar-refractivity contribution in [2.75, 3.05) is 0 Å². The molecule has 0 saturated carbocycles. The molecule has 21 heavy (non-hydrogen) atoms. The van der Waals surface area contributed by atoms with E-state index >= 15 is 0 Å². The molecule has 0 spiro atoms. The SMILES string of the molecule is CCC1(C)C(=O)NC(C)(C)C(=O)N1Cc1nc(C)c(C)s1. The van der Waals surface area contributed by atoms with Crippen LogP contribution < -0.4 is 5.32 Å². The number of amides is 2. The molecular weight excluding hydrogens is 286 g/mol. The summed E-state index contributed by atoms with van der Waals surface area (Å²) in [6.07, 6.45) is 0.573. The van der Waals surface area contributed by atoms with Crippen LogP contribution in [-0.4, -0.2) is 32.8 Å². The Morgan fingerprint density at radius 1 is 1.24 bits per heavy atom. The Morgan fingerprint density at radius 2 is 1.86 bits per heavy atom. The molecule has 1 saturated heterocycles. The van der Waals surface area contributed by atoms with E-state index < -0.39 is 11.1 Å². The van der Waals surface area contributed by atoms with Crippen molar-refractivity contribution in [1.29, 1.82) is 0 Å². The number of carbonyl (C=O) groups is 2. The first-order valence-corrected chi connectivity index (χ1v) is 8.01. The third-order valence-electron chi connectivity index (χ3n) is 4.35. The van der Waals surface area contributed by atoms with E-state index in [1.165, 1.54) is 0 Å². The van der Waals surface area contributed by atoms with Gasteiger partial charge in [0.25, 0.3) is 0 Å². The average molecular weight is 309 g/mol. The minimum Gasteiger partial charge on any atom is -0.340 e. The van der Waals surface area contributed by atoms with Crippen LogP contribution in [0.15, 0.2) is 0 Å². The number of nitrogens with zero attached hydrogens (tertiary/aromatic N) is 2. The zero-order valence-corrected chi connectivity index (χ0v) is 14.3. The maximum atomic E-state index is 12.8. The van der Waals surface area contributed by atoms with Crippen molar-refractivity contribution in [1.82, 2.24) is 15.2 Å². The van der Waals surface area contributed by atoms with E-state index in [2.05, 4.69) is 10.3 Å². The Labute approximate surface area is 129 Å². The van der Waals surface area contributed by atoms with Crippen LogP contribution in [0.4, 0.5) is 0 Å². The second kappa shape index (κ2) is 5.09. The molecule has 0 radical (unpaired) electrons. The van der Waals surface area contributed by atoms with E-state index in [0.717, 1.165) is 15.6 Å². The predicted octanol–water partition coefficient (Wildman–Crippen LogP) is 2.17. The van der Waals surface area contributed by atoms with Gasteiger partial charge in [0, 0.05) is 4.88 Å². The molecule has 1 atom stereocenters. The Hall–Kier alpha value is -1.43. The van der Waals surface area contributed by atoms with E-state index in [0.29, 0.717) is 13.0 Å². The standard InChI is InChI=1S/C15H23N3O2S/c1-7-15(6)12(19)17-14(4,5)13(20)18(15)8-11-16-9(2)10(3)21-11/h7-8H2,1-6H3,(H,17,19). The van der Waals surface area contributed by atoms with Gasteiger partial charge in [-0.05, 0) is 41.0 Å². The summed E-state index contributed by atoms with van der Waals surface area (Å²) >= 11 is 1.59. The van der Waals surface area contributed by atoms with Crippen molar-refractivity contribution in [2.45, 2.75) is 65.6 Å². The normalized spacial score (nSPS) is 25.1. The largest absolute Gasteiger partial charge is 0.340 e. The molecule has 1 unspecified atom stereocenters. The summed E-state index contributed by atoms with van der Waals surface area (Å²) in [4.78, 5) is 32.5. The van der Waals surface area contributed by atoms with E-state index in [1.807, 2.05) is 27.7 Å². The topological polar surface area (TPSA) is 62.3 Å². The van der Waals surface area contributed by atoms with Gasteiger partial charge in [-0.3, -0.25) is 9.59 Å².